The van der Waals surface area contributed by atoms with Crippen LogP contribution in [0.4, 0.5) is 0 Å². The second-order valence-electron chi connectivity index (χ2n) is 11.1. The van der Waals surface area contributed by atoms with Crippen LogP contribution < -0.4 is 10.6 Å². The van der Waals surface area contributed by atoms with E-state index in [1.54, 1.807) is 0 Å². The third-order valence-corrected chi connectivity index (χ3v) is 9.94. The number of hydrogen-bond acceptors (Lipinski definition) is 11. The second kappa shape index (κ2) is 24.4. The molecule has 0 aromatic carbocycles. The lowest BCUT2D eigenvalue weighted by atomic mass is 10.2. The molecule has 4 atom stereocenters. The first-order chi connectivity index (χ1) is 21.8. The van der Waals surface area contributed by atoms with Crippen molar-refractivity contribution in [2.75, 3.05) is 39.5 Å². The van der Waals surface area contributed by atoms with Crippen LogP contribution >= 0.6 is 23.5 Å². The van der Waals surface area contributed by atoms with Crippen molar-refractivity contribution in [1.29, 1.82) is 0 Å². The number of amides is 2. The molecule has 1 fully saturated rings. The summed E-state index contributed by atoms with van der Waals surface area (Å²) in [7, 11) is -12.8. The van der Waals surface area contributed by atoms with Crippen molar-refractivity contribution in [3.63, 3.8) is 0 Å². The van der Waals surface area contributed by atoms with Gasteiger partial charge in [0.25, 0.3) is 0 Å². The van der Waals surface area contributed by atoms with Crippen LogP contribution in [0.2, 0.25) is 0 Å². The van der Waals surface area contributed by atoms with Crippen LogP contribution in [0.1, 0.15) is 110 Å². The molecule has 46 heavy (non-hydrogen) atoms. The predicted molar refractivity (Wildman–Crippen MR) is 170 cm³/mol. The number of phosphoric ester groups is 3. The van der Waals surface area contributed by atoms with Crippen LogP contribution in [0.5, 0.6) is 0 Å². The van der Waals surface area contributed by atoms with Crippen LogP contribution in [0.15, 0.2) is 0 Å². The van der Waals surface area contributed by atoms with Crippen LogP contribution in [-0.2, 0) is 50.4 Å². The van der Waals surface area contributed by atoms with Gasteiger partial charge in [0.05, 0.1) is 32.5 Å². The molecule has 16 nitrogen and oxygen atoms in total. The van der Waals surface area contributed by atoms with Gasteiger partial charge < -0.3 is 25.3 Å². The highest BCUT2D eigenvalue weighted by atomic mass is 31.2. The molecule has 2 amide bonds. The molecule has 1 aliphatic rings. The molecule has 272 valence electrons. The first-order valence-electron chi connectivity index (χ1n) is 16.2. The van der Waals surface area contributed by atoms with Gasteiger partial charge in [0.15, 0.2) is 0 Å². The Bertz CT molecular complexity index is 999. The van der Waals surface area contributed by atoms with E-state index in [4.69, 9.17) is 27.1 Å². The molecule has 0 radical (unpaired) electrons. The van der Waals surface area contributed by atoms with E-state index in [-0.39, 0.29) is 52.4 Å². The summed E-state index contributed by atoms with van der Waals surface area (Å²) in [6.07, 6.45) is 6.85. The third kappa shape index (κ3) is 23.6. The van der Waals surface area contributed by atoms with Gasteiger partial charge in [-0.15, -0.1) is 0 Å². The van der Waals surface area contributed by atoms with E-state index >= 15 is 0 Å². The first-order valence-corrected chi connectivity index (χ1v) is 20.7. The highest BCUT2D eigenvalue weighted by Crippen LogP contribution is 2.48. The highest BCUT2D eigenvalue weighted by Gasteiger charge is 2.32. The van der Waals surface area contributed by atoms with E-state index < -0.39 is 47.5 Å². The Kier molecular flexibility index (Phi) is 23.0. The summed E-state index contributed by atoms with van der Waals surface area (Å²) in [6, 6.07) is 0. The van der Waals surface area contributed by atoms with E-state index in [2.05, 4.69) is 10.6 Å². The number of nitrogens with one attached hydrogen (secondary N) is 2. The van der Waals surface area contributed by atoms with Gasteiger partial charge >= 0.3 is 23.5 Å². The Morgan fingerprint density at radius 3 is 1.50 bits per heavy atom. The molecule has 1 rings (SSSR count). The zero-order valence-corrected chi connectivity index (χ0v) is 29.9. The molecular formula is C27H55N2O14P3. The molecular weight excluding hydrogens is 669 g/mol. The maximum Gasteiger partial charge on any atom is 0.472 e. The summed E-state index contributed by atoms with van der Waals surface area (Å²) in [4.78, 5) is 54.4. The summed E-state index contributed by atoms with van der Waals surface area (Å²) in [6.45, 7) is 3.63. The highest BCUT2D eigenvalue weighted by molar-refractivity contribution is 7.47. The number of phosphoric acid groups is 3. The fourth-order valence-electron chi connectivity index (χ4n) is 4.24. The Labute approximate surface area is 272 Å². The average molecular weight is 725 g/mol. The van der Waals surface area contributed by atoms with E-state index in [0.717, 1.165) is 32.1 Å². The molecule has 0 heterocycles. The van der Waals surface area contributed by atoms with Crippen molar-refractivity contribution in [1.82, 2.24) is 10.6 Å². The molecule has 0 saturated heterocycles. The molecule has 5 N–H and O–H groups in total. The number of carbonyl (C=O) groups is 2. The maximum absolute atomic E-state index is 12.7. The van der Waals surface area contributed by atoms with Gasteiger partial charge in [-0.2, -0.15) is 0 Å². The average Bonchev–Trinajstić information content (AvgIpc) is 3.48. The van der Waals surface area contributed by atoms with Crippen molar-refractivity contribution >= 4 is 35.3 Å². The van der Waals surface area contributed by atoms with E-state index in [1.807, 2.05) is 13.8 Å². The van der Waals surface area contributed by atoms with Crippen LogP contribution in [0, 0.1) is 0 Å². The summed E-state index contributed by atoms with van der Waals surface area (Å²) in [5, 5.41) is 5.22. The van der Waals surface area contributed by atoms with Gasteiger partial charge in [-0.05, 0) is 51.4 Å². The minimum atomic E-state index is -4.49. The maximum atomic E-state index is 12.7. The molecule has 0 aromatic rings. The van der Waals surface area contributed by atoms with Crippen LogP contribution in [0.25, 0.3) is 0 Å². The molecule has 19 heteroatoms. The van der Waals surface area contributed by atoms with E-state index in [1.165, 1.54) is 0 Å². The standard InChI is InChI=1S/C27H55N2O14P3/c1-3-5-11-19-39-45(34,35)41-21-13-10-17-27(31)29-23-25(43-46(36,37)42-24-14-7-8-15-24)22-28-26(30)16-9-12-20-40-44(32,33)38-18-6-4-2/h24-25H,3-23H2,1-2H3,(H,28,30)(H,29,31)(H,32,33)(H,34,35)(H,36,37). The number of rotatable bonds is 29. The largest absolute Gasteiger partial charge is 0.472 e. The first kappa shape index (κ1) is 43.3. The predicted octanol–water partition coefficient (Wildman–Crippen LogP) is 5.26. The number of carbonyl (C=O) groups excluding carboxylic acids is 2. The monoisotopic (exact) mass is 724 g/mol. The summed E-state index contributed by atoms with van der Waals surface area (Å²) < 4.78 is 66.4. The fraction of sp³-hybridized carbons (Fsp3) is 0.926. The molecule has 1 aliphatic carbocycles. The Morgan fingerprint density at radius 2 is 1.07 bits per heavy atom. The van der Waals surface area contributed by atoms with Crippen molar-refractivity contribution in [2.24, 2.45) is 0 Å². The quantitative estimate of drug-likeness (QED) is 0.0490. The summed E-state index contributed by atoms with van der Waals surface area (Å²) in [5.41, 5.74) is 0. The zero-order valence-electron chi connectivity index (χ0n) is 27.2. The Balaban J connectivity index is 2.45. The van der Waals surface area contributed by atoms with Gasteiger partial charge in [0, 0.05) is 25.9 Å². The van der Waals surface area contributed by atoms with Gasteiger partial charge in [0.2, 0.25) is 11.8 Å². The topological polar surface area (TPSA) is 225 Å². The molecule has 4 unspecified atom stereocenters. The SMILES string of the molecule is CCCCCOP(=O)(O)OCCCCC(=O)NCC(CNC(=O)CCCCOP(=O)(O)OCCCC)OP(=O)(O)OC1CCCC1. The van der Waals surface area contributed by atoms with E-state index in [9.17, 15) is 38.0 Å². The Hall–Kier alpha value is -0.730. The lowest BCUT2D eigenvalue weighted by Crippen LogP contribution is -2.41. The van der Waals surface area contributed by atoms with Crippen molar-refractivity contribution in [3.8, 4) is 0 Å². The van der Waals surface area contributed by atoms with Gasteiger partial charge in [-0.25, -0.2) is 13.7 Å². The van der Waals surface area contributed by atoms with E-state index in [0.29, 0.717) is 51.4 Å². The fourth-order valence-corrected chi connectivity index (χ4v) is 6.99. The molecule has 0 aromatic heterocycles. The van der Waals surface area contributed by atoms with Crippen molar-refractivity contribution in [3.05, 3.63) is 0 Å². The lowest BCUT2D eigenvalue weighted by Gasteiger charge is -2.23. The van der Waals surface area contributed by atoms with Gasteiger partial charge in [0.1, 0.15) is 6.10 Å². The van der Waals surface area contributed by atoms with Crippen molar-refractivity contribution < 1.29 is 65.1 Å². The number of hydrogen-bond donors (Lipinski definition) is 5. The molecule has 1 saturated carbocycles. The zero-order chi connectivity index (χ0) is 34.3. The van der Waals surface area contributed by atoms with Crippen LogP contribution in [-0.4, -0.2) is 78.2 Å². The molecule has 0 spiro atoms. The minimum Gasteiger partial charge on any atom is -0.353 e. The van der Waals surface area contributed by atoms with Gasteiger partial charge in [-0.1, -0.05) is 46.0 Å². The molecule has 0 bridgehead atoms. The molecule has 0 aliphatic heterocycles. The second-order valence-corrected chi connectivity index (χ2v) is 15.3. The lowest BCUT2D eigenvalue weighted by molar-refractivity contribution is -0.121. The van der Waals surface area contributed by atoms with Gasteiger partial charge in [-0.3, -0.25) is 36.7 Å². The summed E-state index contributed by atoms with van der Waals surface area (Å²) >= 11 is 0. The normalized spacial score (nSPS) is 18.4. The third-order valence-electron chi connectivity index (χ3n) is 6.78. The smallest absolute Gasteiger partial charge is 0.353 e. The Morgan fingerprint density at radius 1 is 0.652 bits per heavy atom. The summed E-state index contributed by atoms with van der Waals surface area (Å²) in [5.74, 6) is -0.793. The van der Waals surface area contributed by atoms with Crippen LogP contribution in [0.3, 0.4) is 0 Å². The number of unbranched alkanes of at least 4 members (excludes halogenated alkanes) is 5. The minimum absolute atomic E-state index is 0.0524. The van der Waals surface area contributed by atoms with Crippen molar-refractivity contribution in [2.45, 2.75) is 122 Å².